The van der Waals surface area contributed by atoms with Crippen molar-refractivity contribution < 1.29 is 9.90 Å². The van der Waals surface area contributed by atoms with Crippen LogP contribution in [-0.4, -0.2) is 16.1 Å². The number of aromatic carboxylic acids is 1. The lowest BCUT2D eigenvalue weighted by Gasteiger charge is -2.15. The fraction of sp³-hybridized carbons (Fsp3) is 0.143. The summed E-state index contributed by atoms with van der Waals surface area (Å²) in [4.78, 5) is 15.5. The molecular weight excluding hydrogens is 296 g/mol. The number of pyridine rings is 1. The maximum Gasteiger partial charge on any atom is 0.336 e. The Morgan fingerprint density at radius 3 is 2.75 bits per heavy atom. The van der Waals surface area contributed by atoms with Gasteiger partial charge in [-0.05, 0) is 36.8 Å². The average molecular weight is 309 g/mol. The predicted molar refractivity (Wildman–Crippen MR) is 81.3 cm³/mol. The molecule has 2 rings (SSSR count). The highest BCUT2D eigenvalue weighted by Gasteiger charge is 2.19. The van der Waals surface area contributed by atoms with Crippen molar-refractivity contribution in [2.45, 2.75) is 17.2 Å². The Morgan fingerprint density at radius 2 is 2.15 bits per heavy atom. The second-order valence-electron chi connectivity index (χ2n) is 4.20. The van der Waals surface area contributed by atoms with Crippen LogP contribution in [0.15, 0.2) is 41.6 Å². The summed E-state index contributed by atoms with van der Waals surface area (Å²) >= 11 is 7.58. The number of rotatable bonds is 4. The first-order chi connectivity index (χ1) is 9.49. The minimum Gasteiger partial charge on any atom is -0.478 e. The van der Waals surface area contributed by atoms with Crippen LogP contribution in [0.3, 0.4) is 0 Å². The van der Waals surface area contributed by atoms with Crippen LogP contribution in [0.25, 0.3) is 0 Å². The summed E-state index contributed by atoms with van der Waals surface area (Å²) in [5.41, 5.74) is 6.99. The fourth-order valence-corrected chi connectivity index (χ4v) is 3.24. The largest absolute Gasteiger partial charge is 0.478 e. The summed E-state index contributed by atoms with van der Waals surface area (Å²) in [6, 6.07) is 8.43. The second kappa shape index (κ2) is 6.15. The number of carboxylic acids is 1. The van der Waals surface area contributed by atoms with E-state index in [9.17, 15) is 9.90 Å². The van der Waals surface area contributed by atoms with E-state index in [-0.39, 0.29) is 10.8 Å². The Morgan fingerprint density at radius 1 is 1.40 bits per heavy atom. The van der Waals surface area contributed by atoms with Gasteiger partial charge in [-0.1, -0.05) is 29.4 Å². The maximum atomic E-state index is 11.3. The van der Waals surface area contributed by atoms with Crippen LogP contribution >= 0.6 is 23.4 Å². The van der Waals surface area contributed by atoms with Crippen molar-refractivity contribution in [3.8, 4) is 0 Å². The van der Waals surface area contributed by atoms with E-state index in [2.05, 4.69) is 4.98 Å². The molecular formula is C14H13ClN2O2S. The number of hydrogen-bond donors (Lipinski definition) is 2. The third-order valence-electron chi connectivity index (χ3n) is 2.75. The van der Waals surface area contributed by atoms with Gasteiger partial charge in [0.2, 0.25) is 0 Å². The molecule has 1 aromatic carbocycles. The topological polar surface area (TPSA) is 76.2 Å². The van der Waals surface area contributed by atoms with Crippen LogP contribution in [0.1, 0.15) is 28.1 Å². The normalized spacial score (nSPS) is 12.1. The number of nitrogen functional groups attached to an aromatic ring is 1. The Balaban J connectivity index is 2.31. The summed E-state index contributed by atoms with van der Waals surface area (Å²) in [5.74, 6) is -0.986. The summed E-state index contributed by atoms with van der Waals surface area (Å²) in [5, 5.41) is 10.3. The van der Waals surface area contributed by atoms with E-state index in [4.69, 9.17) is 17.3 Å². The molecule has 0 fully saturated rings. The summed E-state index contributed by atoms with van der Waals surface area (Å²) in [6.45, 7) is 1.90. The van der Waals surface area contributed by atoms with Gasteiger partial charge in [-0.25, -0.2) is 9.78 Å². The molecule has 0 aliphatic carbocycles. The van der Waals surface area contributed by atoms with Crippen molar-refractivity contribution in [3.05, 3.63) is 52.7 Å². The molecule has 1 unspecified atom stereocenters. The number of aromatic nitrogens is 1. The SMILES string of the molecule is CC(Sc1ccc(N)cn1)c1c(Cl)cccc1C(=O)O. The van der Waals surface area contributed by atoms with Crippen molar-refractivity contribution in [1.29, 1.82) is 0 Å². The quantitative estimate of drug-likeness (QED) is 0.838. The molecule has 0 aliphatic heterocycles. The van der Waals surface area contributed by atoms with Gasteiger partial charge in [0.05, 0.1) is 22.5 Å². The number of carboxylic acid groups (broad SMARTS) is 1. The van der Waals surface area contributed by atoms with Gasteiger partial charge in [0, 0.05) is 10.3 Å². The number of benzene rings is 1. The number of halogens is 1. The first-order valence-corrected chi connectivity index (χ1v) is 7.14. The van der Waals surface area contributed by atoms with Crippen molar-refractivity contribution >= 4 is 35.0 Å². The van der Waals surface area contributed by atoms with Crippen LogP contribution in [-0.2, 0) is 0 Å². The molecule has 0 spiro atoms. The van der Waals surface area contributed by atoms with Gasteiger partial charge >= 0.3 is 5.97 Å². The molecule has 2 aromatic rings. The first kappa shape index (κ1) is 14.7. The van der Waals surface area contributed by atoms with E-state index in [1.165, 1.54) is 11.8 Å². The zero-order chi connectivity index (χ0) is 14.7. The number of anilines is 1. The van der Waals surface area contributed by atoms with Crippen LogP contribution < -0.4 is 5.73 Å². The molecule has 0 bridgehead atoms. The third kappa shape index (κ3) is 3.23. The molecule has 0 amide bonds. The lowest BCUT2D eigenvalue weighted by atomic mass is 10.1. The molecule has 3 N–H and O–H groups in total. The molecule has 0 aliphatic rings. The molecule has 104 valence electrons. The Bertz CT molecular complexity index is 632. The highest BCUT2D eigenvalue weighted by atomic mass is 35.5. The van der Waals surface area contributed by atoms with E-state index < -0.39 is 5.97 Å². The minimum absolute atomic E-state index is 0.133. The number of thioether (sulfide) groups is 1. The Kier molecular flexibility index (Phi) is 4.52. The summed E-state index contributed by atoms with van der Waals surface area (Å²) in [7, 11) is 0. The van der Waals surface area contributed by atoms with E-state index in [0.717, 1.165) is 5.03 Å². The second-order valence-corrected chi connectivity index (χ2v) is 5.96. The summed E-state index contributed by atoms with van der Waals surface area (Å²) in [6.07, 6.45) is 1.57. The molecule has 4 nitrogen and oxygen atoms in total. The smallest absolute Gasteiger partial charge is 0.336 e. The highest BCUT2D eigenvalue weighted by molar-refractivity contribution is 7.99. The molecule has 6 heteroatoms. The molecule has 0 saturated carbocycles. The fourth-order valence-electron chi connectivity index (χ4n) is 1.84. The molecule has 1 aromatic heterocycles. The monoisotopic (exact) mass is 308 g/mol. The Hall–Kier alpha value is -1.72. The maximum absolute atomic E-state index is 11.3. The van der Waals surface area contributed by atoms with Crippen LogP contribution in [0, 0.1) is 0 Å². The van der Waals surface area contributed by atoms with Crippen molar-refractivity contribution in [3.63, 3.8) is 0 Å². The number of nitrogens with two attached hydrogens (primary N) is 1. The van der Waals surface area contributed by atoms with E-state index in [1.807, 2.05) is 6.92 Å². The van der Waals surface area contributed by atoms with Gasteiger partial charge in [0.25, 0.3) is 0 Å². The van der Waals surface area contributed by atoms with Crippen molar-refractivity contribution in [2.24, 2.45) is 0 Å². The first-order valence-electron chi connectivity index (χ1n) is 5.89. The average Bonchev–Trinajstić information content (AvgIpc) is 2.40. The van der Waals surface area contributed by atoms with E-state index in [0.29, 0.717) is 16.3 Å². The molecule has 0 radical (unpaired) electrons. The zero-order valence-corrected chi connectivity index (χ0v) is 12.3. The third-order valence-corrected chi connectivity index (χ3v) is 4.15. The Labute approximate surface area is 126 Å². The summed E-state index contributed by atoms with van der Waals surface area (Å²) < 4.78 is 0. The van der Waals surface area contributed by atoms with Crippen LogP contribution in [0.4, 0.5) is 5.69 Å². The molecule has 0 saturated heterocycles. The van der Waals surface area contributed by atoms with Gasteiger partial charge < -0.3 is 10.8 Å². The molecule has 20 heavy (non-hydrogen) atoms. The standard InChI is InChI=1S/C14H13ClN2O2S/c1-8(20-12-6-5-9(16)7-17-12)13-10(14(18)19)3-2-4-11(13)15/h2-8H,16H2,1H3,(H,18,19). The van der Waals surface area contributed by atoms with E-state index in [1.54, 1.807) is 36.5 Å². The predicted octanol–water partition coefficient (Wildman–Crippen LogP) is 3.87. The van der Waals surface area contributed by atoms with Gasteiger partial charge in [0.15, 0.2) is 0 Å². The van der Waals surface area contributed by atoms with E-state index >= 15 is 0 Å². The number of hydrogen-bond acceptors (Lipinski definition) is 4. The number of nitrogens with zero attached hydrogens (tertiary/aromatic N) is 1. The molecule has 1 heterocycles. The van der Waals surface area contributed by atoms with Gasteiger partial charge in [-0.3, -0.25) is 0 Å². The highest BCUT2D eigenvalue weighted by Crippen LogP contribution is 2.39. The zero-order valence-electron chi connectivity index (χ0n) is 10.7. The van der Waals surface area contributed by atoms with Crippen molar-refractivity contribution in [1.82, 2.24) is 4.98 Å². The van der Waals surface area contributed by atoms with Gasteiger partial charge in [-0.2, -0.15) is 0 Å². The van der Waals surface area contributed by atoms with Crippen LogP contribution in [0.5, 0.6) is 0 Å². The molecule has 1 atom stereocenters. The lowest BCUT2D eigenvalue weighted by molar-refractivity contribution is 0.0695. The van der Waals surface area contributed by atoms with Crippen molar-refractivity contribution in [2.75, 3.05) is 5.73 Å². The lowest BCUT2D eigenvalue weighted by Crippen LogP contribution is -2.04. The van der Waals surface area contributed by atoms with Crippen LogP contribution in [0.2, 0.25) is 5.02 Å². The minimum atomic E-state index is -0.986. The van der Waals surface area contributed by atoms with Gasteiger partial charge in [-0.15, -0.1) is 0 Å². The van der Waals surface area contributed by atoms with Gasteiger partial charge in [0.1, 0.15) is 0 Å². The number of carbonyl (C=O) groups is 1.